The maximum Gasteiger partial charge on any atom is 0.234 e. The minimum Gasteiger partial charge on any atom is -0.375 e. The molecule has 0 unspecified atom stereocenters. The van der Waals surface area contributed by atoms with E-state index in [1.807, 2.05) is 13.0 Å². The van der Waals surface area contributed by atoms with E-state index >= 15 is 0 Å². The molecule has 0 bridgehead atoms. The van der Waals surface area contributed by atoms with Gasteiger partial charge in [-0.1, -0.05) is 11.3 Å². The van der Waals surface area contributed by atoms with Crippen LogP contribution in [0.1, 0.15) is 11.3 Å². The van der Waals surface area contributed by atoms with Gasteiger partial charge in [0.05, 0.1) is 27.3 Å². The number of nitriles is 1. The molecule has 0 aliphatic rings. The highest BCUT2D eigenvalue weighted by Crippen LogP contribution is 2.30. The number of carbonyl (C=O) groups excluding carboxylic acids is 1. The van der Waals surface area contributed by atoms with Crippen LogP contribution in [0, 0.1) is 18.3 Å². The molecule has 1 aromatic heterocycles. The quantitative estimate of drug-likeness (QED) is 0.847. The normalized spacial score (nSPS) is 10.0. The summed E-state index contributed by atoms with van der Waals surface area (Å²) < 4.78 is 0.956. The third-order valence-electron chi connectivity index (χ3n) is 2.40. The Morgan fingerprint density at radius 3 is 2.75 bits per heavy atom. The van der Waals surface area contributed by atoms with Gasteiger partial charge in [0.1, 0.15) is 0 Å². The highest BCUT2D eigenvalue weighted by Gasteiger charge is 2.09. The average Bonchev–Trinajstić information content (AvgIpc) is 2.75. The summed E-state index contributed by atoms with van der Waals surface area (Å²) in [7, 11) is 0. The standard InChI is InChI=1S/C13H12N4OS2/c1-8-12(20-13(15)16-8)19-7-11(18)17-10-4-2-9(6-14)3-5-10/h2-5H,7H2,1H3,(H2,15,16)(H,17,18). The van der Waals surface area contributed by atoms with Crippen molar-refractivity contribution in [1.29, 1.82) is 5.26 Å². The number of nitrogens with two attached hydrogens (primary N) is 1. The summed E-state index contributed by atoms with van der Waals surface area (Å²) in [5.74, 6) is 0.189. The first kappa shape index (κ1) is 14.4. The Labute approximate surface area is 124 Å². The Bertz CT molecular complexity index is 658. The van der Waals surface area contributed by atoms with Gasteiger partial charge in [0.15, 0.2) is 5.13 Å². The van der Waals surface area contributed by atoms with Crippen LogP contribution in [0.15, 0.2) is 28.5 Å². The number of benzene rings is 1. The van der Waals surface area contributed by atoms with Gasteiger partial charge in [-0.3, -0.25) is 4.79 Å². The number of rotatable bonds is 4. The van der Waals surface area contributed by atoms with Crippen molar-refractivity contribution in [2.45, 2.75) is 11.1 Å². The molecule has 0 spiro atoms. The summed E-state index contributed by atoms with van der Waals surface area (Å²) >= 11 is 2.80. The first-order valence-electron chi connectivity index (χ1n) is 5.74. The number of aromatic nitrogens is 1. The van der Waals surface area contributed by atoms with Gasteiger partial charge < -0.3 is 11.1 Å². The first-order chi connectivity index (χ1) is 9.58. The second-order valence-electron chi connectivity index (χ2n) is 3.95. The van der Waals surface area contributed by atoms with Crippen LogP contribution >= 0.6 is 23.1 Å². The van der Waals surface area contributed by atoms with Crippen molar-refractivity contribution >= 4 is 39.8 Å². The minimum absolute atomic E-state index is 0.105. The van der Waals surface area contributed by atoms with Crippen LogP contribution in [-0.2, 0) is 4.79 Å². The number of nitrogens with zero attached hydrogens (tertiary/aromatic N) is 2. The van der Waals surface area contributed by atoms with Crippen molar-refractivity contribution in [3.8, 4) is 6.07 Å². The van der Waals surface area contributed by atoms with E-state index < -0.39 is 0 Å². The number of aryl methyl sites for hydroxylation is 1. The predicted octanol–water partition coefficient (Wildman–Crippen LogP) is 2.64. The molecule has 0 saturated heterocycles. The molecule has 0 radical (unpaired) electrons. The smallest absolute Gasteiger partial charge is 0.234 e. The van der Waals surface area contributed by atoms with Crippen molar-refractivity contribution in [2.75, 3.05) is 16.8 Å². The molecule has 0 fully saturated rings. The van der Waals surface area contributed by atoms with Crippen molar-refractivity contribution in [3.63, 3.8) is 0 Å². The number of nitrogens with one attached hydrogen (secondary N) is 1. The molecule has 0 aliphatic heterocycles. The van der Waals surface area contributed by atoms with Gasteiger partial charge in [0.2, 0.25) is 5.91 Å². The maximum absolute atomic E-state index is 11.8. The summed E-state index contributed by atoms with van der Waals surface area (Å²) in [6.45, 7) is 1.87. The number of thiazole rings is 1. The zero-order valence-electron chi connectivity index (χ0n) is 10.7. The van der Waals surface area contributed by atoms with Crippen molar-refractivity contribution in [1.82, 2.24) is 4.98 Å². The molecular weight excluding hydrogens is 292 g/mol. The van der Waals surface area contributed by atoms with Gasteiger partial charge in [-0.05, 0) is 31.2 Å². The Kier molecular flexibility index (Phi) is 4.61. The van der Waals surface area contributed by atoms with E-state index in [-0.39, 0.29) is 5.91 Å². The molecule has 1 heterocycles. The second kappa shape index (κ2) is 6.41. The fourth-order valence-corrected chi connectivity index (χ4v) is 3.32. The number of thioether (sulfide) groups is 1. The third-order valence-corrected chi connectivity index (χ3v) is 4.75. The number of nitrogen functional groups attached to an aromatic ring is 1. The molecule has 2 rings (SSSR count). The topological polar surface area (TPSA) is 91.8 Å². The third kappa shape index (κ3) is 3.73. The van der Waals surface area contributed by atoms with Gasteiger partial charge in [-0.25, -0.2) is 4.98 Å². The van der Waals surface area contributed by atoms with E-state index in [4.69, 9.17) is 11.0 Å². The number of anilines is 2. The fourth-order valence-electron chi connectivity index (χ4n) is 1.49. The van der Waals surface area contributed by atoms with E-state index in [0.717, 1.165) is 9.90 Å². The minimum atomic E-state index is -0.105. The van der Waals surface area contributed by atoms with Crippen LogP contribution in [0.5, 0.6) is 0 Å². The molecule has 7 heteroatoms. The van der Waals surface area contributed by atoms with Crippen LogP contribution in [0.4, 0.5) is 10.8 Å². The number of hydrogen-bond donors (Lipinski definition) is 2. The van der Waals surface area contributed by atoms with Gasteiger partial charge in [-0.15, -0.1) is 11.8 Å². The van der Waals surface area contributed by atoms with Crippen LogP contribution in [0.25, 0.3) is 0 Å². The van der Waals surface area contributed by atoms with Crippen LogP contribution < -0.4 is 11.1 Å². The average molecular weight is 304 g/mol. The highest BCUT2D eigenvalue weighted by atomic mass is 32.2. The Hall–Kier alpha value is -2.04. The Morgan fingerprint density at radius 2 is 2.20 bits per heavy atom. The molecule has 2 aromatic rings. The summed E-state index contributed by atoms with van der Waals surface area (Å²) in [5, 5.41) is 12.0. The molecule has 0 atom stereocenters. The van der Waals surface area contributed by atoms with E-state index in [9.17, 15) is 4.79 Å². The molecule has 0 aliphatic carbocycles. The Balaban J connectivity index is 1.89. The summed E-state index contributed by atoms with van der Waals surface area (Å²) in [4.78, 5) is 15.9. The monoisotopic (exact) mass is 304 g/mol. The lowest BCUT2D eigenvalue weighted by Gasteiger charge is -2.04. The van der Waals surface area contributed by atoms with Gasteiger partial charge in [0.25, 0.3) is 0 Å². The fraction of sp³-hybridized carbons (Fsp3) is 0.154. The summed E-state index contributed by atoms with van der Waals surface area (Å²) in [6, 6.07) is 8.77. The summed E-state index contributed by atoms with van der Waals surface area (Å²) in [6.07, 6.45) is 0. The molecule has 1 amide bonds. The molecule has 0 saturated carbocycles. The second-order valence-corrected chi connectivity index (χ2v) is 6.23. The molecular formula is C13H12N4OS2. The lowest BCUT2D eigenvalue weighted by Crippen LogP contribution is -2.13. The lowest BCUT2D eigenvalue weighted by atomic mass is 10.2. The van der Waals surface area contributed by atoms with E-state index in [2.05, 4.69) is 10.3 Å². The largest absolute Gasteiger partial charge is 0.375 e. The van der Waals surface area contributed by atoms with Crippen molar-refractivity contribution in [2.24, 2.45) is 0 Å². The van der Waals surface area contributed by atoms with Crippen molar-refractivity contribution < 1.29 is 4.79 Å². The predicted molar refractivity (Wildman–Crippen MR) is 81.8 cm³/mol. The lowest BCUT2D eigenvalue weighted by molar-refractivity contribution is -0.113. The molecule has 5 nitrogen and oxygen atoms in total. The molecule has 102 valence electrons. The van der Waals surface area contributed by atoms with E-state index in [1.54, 1.807) is 24.3 Å². The number of amides is 1. The van der Waals surface area contributed by atoms with Gasteiger partial charge in [-0.2, -0.15) is 5.26 Å². The van der Waals surface area contributed by atoms with Gasteiger partial charge in [0, 0.05) is 5.69 Å². The van der Waals surface area contributed by atoms with E-state index in [1.165, 1.54) is 23.1 Å². The molecule has 1 aromatic carbocycles. The summed E-state index contributed by atoms with van der Waals surface area (Å²) in [5.41, 5.74) is 7.69. The SMILES string of the molecule is Cc1nc(N)sc1SCC(=O)Nc1ccc(C#N)cc1. The zero-order chi connectivity index (χ0) is 14.5. The van der Waals surface area contributed by atoms with E-state index in [0.29, 0.717) is 22.1 Å². The van der Waals surface area contributed by atoms with Gasteiger partial charge >= 0.3 is 0 Å². The number of carbonyl (C=O) groups is 1. The molecule has 20 heavy (non-hydrogen) atoms. The Morgan fingerprint density at radius 1 is 1.50 bits per heavy atom. The molecule has 3 N–H and O–H groups in total. The van der Waals surface area contributed by atoms with Crippen LogP contribution in [-0.4, -0.2) is 16.6 Å². The van der Waals surface area contributed by atoms with Crippen molar-refractivity contribution in [3.05, 3.63) is 35.5 Å². The van der Waals surface area contributed by atoms with Crippen LogP contribution in [0.3, 0.4) is 0 Å². The maximum atomic E-state index is 11.8. The zero-order valence-corrected chi connectivity index (χ0v) is 12.3. The number of hydrogen-bond acceptors (Lipinski definition) is 6. The van der Waals surface area contributed by atoms with Crippen LogP contribution in [0.2, 0.25) is 0 Å². The first-order valence-corrected chi connectivity index (χ1v) is 7.54. The highest BCUT2D eigenvalue weighted by molar-refractivity contribution is 8.01.